The Hall–Kier alpha value is -2.94. The van der Waals surface area contributed by atoms with Crippen LogP contribution in [0.3, 0.4) is 0 Å². The summed E-state index contributed by atoms with van der Waals surface area (Å²) in [6.45, 7) is 1.36. The number of rotatable bonds is 5. The number of carbonyl (C=O) groups excluding carboxylic acids is 2. The zero-order valence-corrected chi connectivity index (χ0v) is 13.7. The number of esters is 1. The van der Waals surface area contributed by atoms with E-state index in [1.165, 1.54) is 44.5 Å². The molecule has 0 spiro atoms. The highest BCUT2D eigenvalue weighted by atomic mass is 32.2. The Balaban J connectivity index is 2.22. The first-order valence-electron chi connectivity index (χ1n) is 6.67. The maximum Gasteiger partial charge on any atom is 0.340 e. The Morgan fingerprint density at radius 2 is 1.79 bits per heavy atom. The van der Waals surface area contributed by atoms with Crippen molar-refractivity contribution in [3.8, 4) is 5.75 Å². The van der Waals surface area contributed by atoms with E-state index in [1.54, 1.807) is 0 Å². The second-order valence-corrected chi connectivity index (χ2v) is 6.19. The van der Waals surface area contributed by atoms with Crippen molar-refractivity contribution in [2.75, 3.05) is 12.4 Å². The van der Waals surface area contributed by atoms with E-state index in [0.717, 1.165) is 12.3 Å². The van der Waals surface area contributed by atoms with Crippen LogP contribution in [0.2, 0.25) is 0 Å². The highest BCUT2D eigenvalue weighted by Gasteiger charge is 2.19. The van der Waals surface area contributed by atoms with Gasteiger partial charge in [0.1, 0.15) is 10.6 Å². The summed E-state index contributed by atoms with van der Waals surface area (Å²) in [5.41, 5.74) is 0.491. The zero-order valence-electron chi connectivity index (χ0n) is 12.8. The molecule has 0 aliphatic rings. The molecule has 0 bridgehead atoms. The first-order valence-corrected chi connectivity index (χ1v) is 8.08. The van der Waals surface area contributed by atoms with Crippen LogP contribution >= 0.6 is 0 Å². The molecule has 1 heterocycles. The number of nitrogens with zero attached hydrogens (tertiary/aromatic N) is 1. The molecule has 0 saturated carbocycles. The summed E-state index contributed by atoms with van der Waals surface area (Å²) in [5.74, 6) is -0.909. The second-order valence-electron chi connectivity index (χ2n) is 4.64. The van der Waals surface area contributed by atoms with Gasteiger partial charge in [0.15, 0.2) is 0 Å². The molecule has 24 heavy (non-hydrogen) atoms. The lowest BCUT2D eigenvalue weighted by Gasteiger charge is -2.08. The Bertz CT molecular complexity index is 862. The van der Waals surface area contributed by atoms with Crippen molar-refractivity contribution in [3.05, 3.63) is 48.3 Å². The van der Waals surface area contributed by atoms with Gasteiger partial charge in [-0.15, -0.1) is 0 Å². The summed E-state index contributed by atoms with van der Waals surface area (Å²) in [6, 6.07) is 6.88. The van der Waals surface area contributed by atoms with E-state index in [1.807, 2.05) is 0 Å². The van der Waals surface area contributed by atoms with Gasteiger partial charge in [-0.25, -0.2) is 4.79 Å². The summed E-state index contributed by atoms with van der Waals surface area (Å²) in [6.07, 6.45) is 2.25. The van der Waals surface area contributed by atoms with Crippen LogP contribution in [0, 0.1) is 0 Å². The van der Waals surface area contributed by atoms with E-state index < -0.39 is 16.1 Å². The fraction of sp³-hybridized carbons (Fsp3) is 0.133. The predicted octanol–water partition coefficient (Wildman–Crippen LogP) is 1.59. The summed E-state index contributed by atoms with van der Waals surface area (Å²) in [4.78, 5) is 25.8. The summed E-state index contributed by atoms with van der Waals surface area (Å²) in [5, 5.41) is 2.55. The number of carbonyl (C=O) groups is 2. The Kier molecular flexibility index (Phi) is 5.14. The lowest BCUT2D eigenvalue weighted by molar-refractivity contribution is -0.114. The minimum atomic E-state index is -4.17. The molecule has 2 aromatic rings. The molecule has 2 rings (SSSR count). The standard InChI is InChI=1S/C15H14N2O6S/c1-10(18)17-12-3-5-13(6-4-12)23-24(20,21)14-7-11(8-16-9-14)15(19)22-2/h3-9H,1-2H3,(H,17,18). The van der Waals surface area contributed by atoms with Gasteiger partial charge < -0.3 is 14.2 Å². The first-order chi connectivity index (χ1) is 11.3. The fourth-order valence-electron chi connectivity index (χ4n) is 1.76. The third kappa shape index (κ3) is 4.29. The van der Waals surface area contributed by atoms with Gasteiger partial charge in [0.2, 0.25) is 5.91 Å². The largest absolute Gasteiger partial charge is 0.465 e. The van der Waals surface area contributed by atoms with Crippen molar-refractivity contribution in [1.29, 1.82) is 0 Å². The highest BCUT2D eigenvalue weighted by molar-refractivity contribution is 7.87. The zero-order chi connectivity index (χ0) is 17.7. The third-order valence-electron chi connectivity index (χ3n) is 2.80. The lowest BCUT2D eigenvalue weighted by atomic mass is 10.3. The van der Waals surface area contributed by atoms with Crippen LogP contribution in [0.1, 0.15) is 17.3 Å². The van der Waals surface area contributed by atoms with Crippen molar-refractivity contribution >= 4 is 27.7 Å². The van der Waals surface area contributed by atoms with Crippen LogP contribution in [-0.4, -0.2) is 32.4 Å². The van der Waals surface area contributed by atoms with Gasteiger partial charge in [-0.05, 0) is 30.3 Å². The third-order valence-corrected chi connectivity index (χ3v) is 4.02. The van der Waals surface area contributed by atoms with Crippen molar-refractivity contribution in [2.45, 2.75) is 11.8 Å². The lowest BCUT2D eigenvalue weighted by Crippen LogP contribution is -2.12. The normalized spacial score (nSPS) is 10.8. The average Bonchev–Trinajstić information content (AvgIpc) is 2.55. The quantitative estimate of drug-likeness (QED) is 0.644. The van der Waals surface area contributed by atoms with E-state index in [0.29, 0.717) is 5.69 Å². The van der Waals surface area contributed by atoms with E-state index in [9.17, 15) is 18.0 Å². The summed E-state index contributed by atoms with van der Waals surface area (Å²) >= 11 is 0. The van der Waals surface area contributed by atoms with Gasteiger partial charge in [0.05, 0.1) is 12.7 Å². The Morgan fingerprint density at radius 3 is 2.38 bits per heavy atom. The molecule has 0 aliphatic carbocycles. The van der Waals surface area contributed by atoms with Crippen LogP contribution < -0.4 is 9.50 Å². The summed E-state index contributed by atoms with van der Waals surface area (Å²) < 4.78 is 34.0. The van der Waals surface area contributed by atoms with Crippen molar-refractivity contribution in [3.63, 3.8) is 0 Å². The number of hydrogen-bond acceptors (Lipinski definition) is 7. The number of nitrogens with one attached hydrogen (secondary N) is 1. The molecule has 0 unspecified atom stereocenters. The molecule has 0 saturated heterocycles. The van der Waals surface area contributed by atoms with Crippen LogP contribution in [0.4, 0.5) is 5.69 Å². The van der Waals surface area contributed by atoms with Crippen LogP contribution in [0.25, 0.3) is 0 Å². The molecule has 8 nitrogen and oxygen atoms in total. The minimum absolute atomic E-state index is 0.0109. The number of amides is 1. The molecule has 1 aromatic carbocycles. The maximum absolute atomic E-state index is 12.2. The molecular formula is C15H14N2O6S. The number of pyridine rings is 1. The molecule has 1 aromatic heterocycles. The molecule has 1 N–H and O–H groups in total. The topological polar surface area (TPSA) is 112 Å². The van der Waals surface area contributed by atoms with Gasteiger partial charge in [-0.1, -0.05) is 0 Å². The van der Waals surface area contributed by atoms with E-state index in [4.69, 9.17) is 4.18 Å². The van der Waals surface area contributed by atoms with E-state index >= 15 is 0 Å². The number of benzene rings is 1. The molecule has 9 heteroatoms. The first kappa shape index (κ1) is 17.4. The number of hydrogen-bond donors (Lipinski definition) is 1. The van der Waals surface area contributed by atoms with Gasteiger partial charge in [-0.2, -0.15) is 8.42 Å². The monoisotopic (exact) mass is 350 g/mol. The van der Waals surface area contributed by atoms with Crippen molar-refractivity contribution < 1.29 is 26.9 Å². The molecule has 0 fully saturated rings. The predicted molar refractivity (Wildman–Crippen MR) is 84.1 cm³/mol. The molecule has 126 valence electrons. The number of ether oxygens (including phenoxy) is 1. The number of methoxy groups -OCH3 is 1. The number of aromatic nitrogens is 1. The molecule has 0 aliphatic heterocycles. The van der Waals surface area contributed by atoms with Gasteiger partial charge in [0.25, 0.3) is 0 Å². The summed E-state index contributed by atoms with van der Waals surface area (Å²) in [7, 11) is -2.99. The second kappa shape index (κ2) is 7.09. The maximum atomic E-state index is 12.2. The van der Waals surface area contributed by atoms with Crippen LogP contribution in [0.15, 0.2) is 47.6 Å². The molecule has 0 radical (unpaired) electrons. The van der Waals surface area contributed by atoms with Gasteiger partial charge in [-0.3, -0.25) is 9.78 Å². The minimum Gasteiger partial charge on any atom is -0.465 e. The SMILES string of the molecule is COC(=O)c1cncc(S(=O)(=O)Oc2ccc(NC(C)=O)cc2)c1. The smallest absolute Gasteiger partial charge is 0.340 e. The average molecular weight is 350 g/mol. The molecule has 0 atom stereocenters. The van der Waals surface area contributed by atoms with Crippen LogP contribution in [0.5, 0.6) is 5.75 Å². The Labute approximate surface area is 138 Å². The van der Waals surface area contributed by atoms with Crippen molar-refractivity contribution in [2.24, 2.45) is 0 Å². The fourth-order valence-corrected chi connectivity index (χ4v) is 2.68. The van der Waals surface area contributed by atoms with Gasteiger partial charge >= 0.3 is 16.1 Å². The molecular weight excluding hydrogens is 336 g/mol. The van der Waals surface area contributed by atoms with Gasteiger partial charge in [0, 0.05) is 25.0 Å². The van der Waals surface area contributed by atoms with E-state index in [-0.39, 0.29) is 22.1 Å². The number of anilines is 1. The Morgan fingerprint density at radius 1 is 1.12 bits per heavy atom. The highest BCUT2D eigenvalue weighted by Crippen LogP contribution is 2.21. The van der Waals surface area contributed by atoms with Crippen LogP contribution in [-0.2, 0) is 19.6 Å². The van der Waals surface area contributed by atoms with Crippen molar-refractivity contribution in [1.82, 2.24) is 4.98 Å². The molecule has 1 amide bonds. The van der Waals surface area contributed by atoms with E-state index in [2.05, 4.69) is 15.0 Å².